The van der Waals surface area contributed by atoms with Crippen LogP contribution in [-0.4, -0.2) is 24.0 Å². The Morgan fingerprint density at radius 3 is 2.38 bits per heavy atom. The predicted molar refractivity (Wildman–Crippen MR) is 145 cm³/mol. The van der Waals surface area contributed by atoms with Crippen LogP contribution in [-0.2, 0) is 4.79 Å². The van der Waals surface area contributed by atoms with Crippen molar-refractivity contribution in [2.75, 3.05) is 11.9 Å². The van der Waals surface area contributed by atoms with Gasteiger partial charge in [-0.3, -0.25) is 4.79 Å². The molecule has 2 fully saturated rings. The zero-order valence-electron chi connectivity index (χ0n) is 19.6. The summed E-state index contributed by atoms with van der Waals surface area (Å²) in [5.74, 6) is -0.565. The molecular formula is C28H23Cl3N4O2. The van der Waals surface area contributed by atoms with Crippen LogP contribution in [0.3, 0.4) is 0 Å². The minimum atomic E-state index is -1.10. The van der Waals surface area contributed by atoms with Crippen LogP contribution >= 0.6 is 34.8 Å². The number of urea groups is 1. The summed E-state index contributed by atoms with van der Waals surface area (Å²) in [7, 11) is 0. The monoisotopic (exact) mass is 552 g/mol. The standard InChI is InChI=1S/C28H23Cl3N4O2/c29-18-5-3-17(4-6-18)25-22(21-10-7-19(30)13-24(21)31)11-12-28(23(25)15-33-26(28)36)35-27(37)34-20-8-1-16(14-32)2-9-20/h1-10,13,22-23,25H,11-12,15H2,(H,33,36)(H2,34,35,37)/t22-,23-,25-,28-/m0/s1. The van der Waals surface area contributed by atoms with Crippen molar-refractivity contribution in [2.24, 2.45) is 5.92 Å². The fourth-order valence-corrected chi connectivity index (χ4v) is 6.46. The van der Waals surface area contributed by atoms with Crippen LogP contribution in [0.25, 0.3) is 0 Å². The van der Waals surface area contributed by atoms with Crippen molar-refractivity contribution < 1.29 is 9.59 Å². The number of halogens is 3. The molecule has 4 atom stereocenters. The smallest absolute Gasteiger partial charge is 0.320 e. The van der Waals surface area contributed by atoms with E-state index < -0.39 is 11.6 Å². The Kier molecular flexibility index (Phi) is 7.04. The van der Waals surface area contributed by atoms with Crippen molar-refractivity contribution in [1.82, 2.24) is 10.6 Å². The number of hydrogen-bond acceptors (Lipinski definition) is 3. The predicted octanol–water partition coefficient (Wildman–Crippen LogP) is 6.49. The maximum absolute atomic E-state index is 13.3. The van der Waals surface area contributed by atoms with Crippen LogP contribution < -0.4 is 16.0 Å². The van der Waals surface area contributed by atoms with Gasteiger partial charge in [-0.1, -0.05) is 53.0 Å². The minimum Gasteiger partial charge on any atom is -0.354 e. The fourth-order valence-electron chi connectivity index (χ4n) is 5.78. The maximum atomic E-state index is 13.3. The van der Waals surface area contributed by atoms with E-state index in [2.05, 4.69) is 22.0 Å². The topological polar surface area (TPSA) is 94.0 Å². The third-order valence-electron chi connectivity index (χ3n) is 7.46. The van der Waals surface area contributed by atoms with Gasteiger partial charge in [0.15, 0.2) is 0 Å². The molecule has 0 radical (unpaired) electrons. The first-order valence-electron chi connectivity index (χ1n) is 11.9. The first-order chi connectivity index (χ1) is 17.8. The number of anilines is 1. The number of carbonyl (C=O) groups excluding carboxylic acids is 2. The molecule has 5 rings (SSSR count). The van der Waals surface area contributed by atoms with Crippen molar-refractivity contribution >= 4 is 52.4 Å². The molecular weight excluding hydrogens is 531 g/mol. The molecule has 3 N–H and O–H groups in total. The van der Waals surface area contributed by atoms with Gasteiger partial charge in [-0.15, -0.1) is 0 Å². The lowest BCUT2D eigenvalue weighted by molar-refractivity contribution is -0.126. The summed E-state index contributed by atoms with van der Waals surface area (Å²) in [6.45, 7) is 0.408. The van der Waals surface area contributed by atoms with Gasteiger partial charge in [0.05, 0.1) is 11.6 Å². The summed E-state index contributed by atoms with van der Waals surface area (Å²) < 4.78 is 0. The molecule has 37 heavy (non-hydrogen) atoms. The zero-order chi connectivity index (χ0) is 26.2. The molecule has 1 saturated heterocycles. The van der Waals surface area contributed by atoms with Gasteiger partial charge in [-0.25, -0.2) is 4.79 Å². The molecule has 6 nitrogen and oxygen atoms in total. The molecule has 1 aliphatic heterocycles. The van der Waals surface area contributed by atoms with Gasteiger partial charge in [-0.2, -0.15) is 5.26 Å². The molecule has 0 spiro atoms. The number of nitriles is 1. The highest BCUT2D eigenvalue weighted by atomic mass is 35.5. The highest BCUT2D eigenvalue weighted by Gasteiger charge is 2.58. The van der Waals surface area contributed by atoms with E-state index in [-0.39, 0.29) is 23.7 Å². The summed E-state index contributed by atoms with van der Waals surface area (Å²) >= 11 is 19.0. The Morgan fingerprint density at radius 2 is 1.70 bits per heavy atom. The van der Waals surface area contributed by atoms with Crippen molar-refractivity contribution in [3.8, 4) is 6.07 Å². The van der Waals surface area contributed by atoms with E-state index in [1.54, 1.807) is 30.3 Å². The van der Waals surface area contributed by atoms with Gasteiger partial charge in [-0.05, 0) is 84.3 Å². The van der Waals surface area contributed by atoms with Crippen LogP contribution in [0.15, 0.2) is 66.7 Å². The van der Waals surface area contributed by atoms with Gasteiger partial charge in [0.25, 0.3) is 0 Å². The third kappa shape index (κ3) is 4.87. The van der Waals surface area contributed by atoms with Crippen LogP contribution in [0.2, 0.25) is 15.1 Å². The normalized spacial score (nSPS) is 24.5. The van der Waals surface area contributed by atoms with Crippen LogP contribution in [0.4, 0.5) is 10.5 Å². The molecule has 9 heteroatoms. The third-order valence-corrected chi connectivity index (χ3v) is 8.28. The van der Waals surface area contributed by atoms with E-state index in [0.29, 0.717) is 45.7 Å². The Hall–Kier alpha value is -3.24. The van der Waals surface area contributed by atoms with E-state index in [9.17, 15) is 9.59 Å². The van der Waals surface area contributed by atoms with Gasteiger partial charge in [0, 0.05) is 33.2 Å². The number of rotatable bonds is 4. The first-order valence-corrected chi connectivity index (χ1v) is 13.0. The fraction of sp³-hybridized carbons (Fsp3) is 0.250. The molecule has 1 saturated carbocycles. The number of nitrogens with zero attached hydrogens (tertiary/aromatic N) is 1. The quantitative estimate of drug-likeness (QED) is 0.345. The number of amides is 3. The molecule has 1 aliphatic carbocycles. The van der Waals surface area contributed by atoms with E-state index in [1.165, 1.54) is 0 Å². The van der Waals surface area contributed by atoms with E-state index in [4.69, 9.17) is 40.1 Å². The number of fused-ring (bicyclic) bond motifs is 1. The second-order valence-electron chi connectivity index (χ2n) is 9.44. The Bertz CT molecular complexity index is 1390. The van der Waals surface area contributed by atoms with E-state index in [0.717, 1.165) is 11.1 Å². The highest BCUT2D eigenvalue weighted by molar-refractivity contribution is 6.35. The molecule has 0 unspecified atom stereocenters. The summed E-state index contributed by atoms with van der Waals surface area (Å²) in [6, 6.07) is 21.2. The molecule has 1 heterocycles. The number of carbonyl (C=O) groups is 2. The van der Waals surface area contributed by atoms with Gasteiger partial charge < -0.3 is 16.0 Å². The first kappa shape index (κ1) is 25.4. The number of nitrogens with one attached hydrogen (secondary N) is 3. The van der Waals surface area contributed by atoms with Crippen LogP contribution in [0.1, 0.15) is 41.4 Å². The Morgan fingerprint density at radius 1 is 1.00 bits per heavy atom. The molecule has 3 aromatic carbocycles. The lowest BCUT2D eigenvalue weighted by atomic mass is 9.60. The SMILES string of the molecule is N#Cc1ccc(NC(=O)N[C@@]23CC[C@@H](c4ccc(Cl)cc4Cl)[C@H](c4ccc(Cl)cc4)[C@@H]2CNC3=O)cc1. The van der Waals surface area contributed by atoms with Crippen LogP contribution in [0, 0.1) is 17.2 Å². The van der Waals surface area contributed by atoms with Gasteiger partial charge in [0.1, 0.15) is 5.54 Å². The Labute approximate surface area is 229 Å². The summed E-state index contributed by atoms with van der Waals surface area (Å²) in [6.07, 6.45) is 1.06. The highest BCUT2D eigenvalue weighted by Crippen LogP contribution is 2.54. The lowest BCUT2D eigenvalue weighted by Crippen LogP contribution is -2.61. The molecule has 2 aliphatic rings. The lowest BCUT2D eigenvalue weighted by Gasteiger charge is -2.46. The second kappa shape index (κ2) is 10.3. The summed E-state index contributed by atoms with van der Waals surface area (Å²) in [5, 5.41) is 19.6. The summed E-state index contributed by atoms with van der Waals surface area (Å²) in [4.78, 5) is 26.5. The summed E-state index contributed by atoms with van der Waals surface area (Å²) in [5.41, 5.74) is 1.89. The minimum absolute atomic E-state index is 0.000143. The Balaban J connectivity index is 1.50. The molecule has 3 aromatic rings. The average Bonchev–Trinajstić information content (AvgIpc) is 3.20. The maximum Gasteiger partial charge on any atom is 0.320 e. The van der Waals surface area contributed by atoms with E-state index in [1.807, 2.05) is 36.4 Å². The second-order valence-corrected chi connectivity index (χ2v) is 10.7. The molecule has 0 aromatic heterocycles. The van der Waals surface area contributed by atoms with Gasteiger partial charge >= 0.3 is 6.03 Å². The number of hydrogen-bond donors (Lipinski definition) is 3. The molecule has 188 valence electrons. The van der Waals surface area contributed by atoms with Gasteiger partial charge in [0.2, 0.25) is 5.91 Å². The van der Waals surface area contributed by atoms with Crippen LogP contribution in [0.5, 0.6) is 0 Å². The zero-order valence-corrected chi connectivity index (χ0v) is 21.9. The molecule has 0 bridgehead atoms. The number of benzene rings is 3. The molecule has 3 amide bonds. The van der Waals surface area contributed by atoms with Crippen molar-refractivity contribution in [1.29, 1.82) is 5.26 Å². The average molecular weight is 554 g/mol. The van der Waals surface area contributed by atoms with Crippen molar-refractivity contribution in [3.63, 3.8) is 0 Å². The van der Waals surface area contributed by atoms with E-state index >= 15 is 0 Å². The van der Waals surface area contributed by atoms with Crippen molar-refractivity contribution in [3.05, 3.63) is 98.5 Å². The largest absolute Gasteiger partial charge is 0.354 e. The van der Waals surface area contributed by atoms with Crippen molar-refractivity contribution in [2.45, 2.75) is 30.2 Å².